The molecule has 108 valence electrons. The highest BCUT2D eigenvalue weighted by molar-refractivity contribution is 9.09. The number of halogens is 3. The second kappa shape index (κ2) is 5.56. The molecule has 0 bridgehead atoms. The summed E-state index contributed by atoms with van der Waals surface area (Å²) in [7, 11) is 0. The number of alkyl halides is 1. The third-order valence-corrected chi connectivity index (χ3v) is 4.63. The van der Waals surface area contributed by atoms with Gasteiger partial charge in [0, 0.05) is 17.7 Å². The van der Waals surface area contributed by atoms with Crippen LogP contribution in [0.2, 0.25) is 0 Å². The summed E-state index contributed by atoms with van der Waals surface area (Å²) in [6.07, 6.45) is 0.780. The Kier molecular flexibility index (Phi) is 3.76. The molecule has 21 heavy (non-hydrogen) atoms. The lowest BCUT2D eigenvalue weighted by molar-refractivity contribution is 0.0946. The Hall–Kier alpha value is -1.75. The number of nitrogens with one attached hydrogen (secondary N) is 1. The highest BCUT2D eigenvalue weighted by atomic mass is 79.9. The van der Waals surface area contributed by atoms with E-state index in [2.05, 4.69) is 21.2 Å². The second-order valence-electron chi connectivity index (χ2n) is 4.93. The molecule has 0 aliphatic carbocycles. The molecule has 3 rings (SSSR count). The van der Waals surface area contributed by atoms with Gasteiger partial charge in [0.2, 0.25) is 0 Å². The first-order valence-electron chi connectivity index (χ1n) is 6.57. The normalized spacial score (nSPS) is 15.3. The molecule has 0 fully saturated rings. The number of hydrogen-bond acceptors (Lipinski definition) is 1. The second-order valence-corrected chi connectivity index (χ2v) is 5.84. The van der Waals surface area contributed by atoms with Crippen LogP contribution < -0.4 is 5.32 Å². The Balaban J connectivity index is 2.02. The molecule has 0 spiro atoms. The number of hydrogen-bond donors (Lipinski definition) is 1. The molecule has 1 heterocycles. The number of amides is 1. The van der Waals surface area contributed by atoms with Crippen LogP contribution >= 0.6 is 15.9 Å². The van der Waals surface area contributed by atoms with Gasteiger partial charge in [-0.3, -0.25) is 4.79 Å². The van der Waals surface area contributed by atoms with Crippen molar-refractivity contribution < 1.29 is 13.6 Å². The minimum atomic E-state index is -0.882. The van der Waals surface area contributed by atoms with Gasteiger partial charge < -0.3 is 5.32 Å². The van der Waals surface area contributed by atoms with Crippen molar-refractivity contribution in [2.45, 2.75) is 11.2 Å². The summed E-state index contributed by atoms with van der Waals surface area (Å²) in [5, 5.41) is 2.78. The fourth-order valence-corrected chi connectivity index (χ4v) is 3.12. The average molecular weight is 352 g/mol. The van der Waals surface area contributed by atoms with Gasteiger partial charge in [-0.05, 0) is 29.7 Å². The third kappa shape index (κ3) is 2.58. The molecule has 5 heteroatoms. The van der Waals surface area contributed by atoms with Gasteiger partial charge in [-0.15, -0.1) is 0 Å². The molecule has 0 saturated heterocycles. The number of carbonyl (C=O) groups is 1. The molecule has 1 N–H and O–H groups in total. The zero-order valence-electron chi connectivity index (χ0n) is 11.0. The van der Waals surface area contributed by atoms with Crippen molar-refractivity contribution in [3.05, 3.63) is 70.3 Å². The van der Waals surface area contributed by atoms with Crippen molar-refractivity contribution in [3.63, 3.8) is 0 Å². The molecular formula is C16H12BrF2NO. The summed E-state index contributed by atoms with van der Waals surface area (Å²) in [6.45, 7) is 0.626. The fourth-order valence-electron chi connectivity index (χ4n) is 2.48. The van der Waals surface area contributed by atoms with E-state index in [0.717, 1.165) is 23.6 Å². The predicted molar refractivity (Wildman–Crippen MR) is 79.6 cm³/mol. The van der Waals surface area contributed by atoms with Gasteiger partial charge in [-0.1, -0.05) is 40.2 Å². The van der Waals surface area contributed by atoms with Crippen molar-refractivity contribution >= 4 is 21.8 Å². The van der Waals surface area contributed by atoms with Crippen LogP contribution in [0.15, 0.2) is 36.4 Å². The molecular weight excluding hydrogens is 340 g/mol. The molecule has 2 aromatic rings. The number of benzene rings is 2. The lowest BCUT2D eigenvalue weighted by Crippen LogP contribution is -2.31. The van der Waals surface area contributed by atoms with E-state index >= 15 is 0 Å². The number of rotatable bonds is 2. The molecule has 0 aromatic heterocycles. The molecule has 0 saturated carbocycles. The van der Waals surface area contributed by atoms with E-state index in [1.165, 1.54) is 12.1 Å². The van der Waals surface area contributed by atoms with Crippen LogP contribution in [0.3, 0.4) is 0 Å². The van der Waals surface area contributed by atoms with Crippen LogP contribution in [0.1, 0.15) is 31.9 Å². The molecule has 1 aliphatic heterocycles. The Morgan fingerprint density at radius 1 is 1.19 bits per heavy atom. The van der Waals surface area contributed by atoms with Crippen molar-refractivity contribution in [3.8, 4) is 0 Å². The monoisotopic (exact) mass is 351 g/mol. The van der Waals surface area contributed by atoms with Gasteiger partial charge in [0.15, 0.2) is 11.6 Å². The molecule has 0 radical (unpaired) electrons. The van der Waals surface area contributed by atoms with E-state index in [1.807, 2.05) is 12.1 Å². The third-order valence-electron chi connectivity index (χ3n) is 3.61. The van der Waals surface area contributed by atoms with Crippen LogP contribution in [-0.2, 0) is 6.42 Å². The van der Waals surface area contributed by atoms with Crippen molar-refractivity contribution in [1.82, 2.24) is 5.32 Å². The van der Waals surface area contributed by atoms with Crippen molar-refractivity contribution in [2.75, 3.05) is 6.54 Å². The van der Waals surface area contributed by atoms with Crippen LogP contribution in [0.5, 0.6) is 0 Å². The summed E-state index contributed by atoms with van der Waals surface area (Å²) in [4.78, 5) is 11.4. The summed E-state index contributed by atoms with van der Waals surface area (Å²) in [6, 6.07) is 9.51. The van der Waals surface area contributed by atoms with Gasteiger partial charge in [0.05, 0.1) is 4.83 Å². The van der Waals surface area contributed by atoms with Crippen LogP contribution in [-0.4, -0.2) is 12.5 Å². The van der Waals surface area contributed by atoms with E-state index in [1.54, 1.807) is 6.07 Å². The van der Waals surface area contributed by atoms with E-state index in [9.17, 15) is 13.6 Å². The Bertz CT molecular complexity index is 717. The maximum absolute atomic E-state index is 13.9. The van der Waals surface area contributed by atoms with Gasteiger partial charge in [0.1, 0.15) is 0 Å². The fraction of sp³-hybridized carbons (Fsp3) is 0.188. The standard InChI is InChI=1S/C16H12BrF2NO/c17-14(11-2-1-3-13(18)15(11)19)10-5-4-9-6-7-20-16(21)12(9)8-10/h1-5,8,14H,6-7H2,(H,20,21). The quantitative estimate of drug-likeness (QED) is 0.820. The highest BCUT2D eigenvalue weighted by Crippen LogP contribution is 2.34. The summed E-state index contributed by atoms with van der Waals surface area (Å²) in [5.41, 5.74) is 2.50. The average Bonchev–Trinajstić information content (AvgIpc) is 2.49. The lowest BCUT2D eigenvalue weighted by atomic mass is 9.95. The van der Waals surface area contributed by atoms with Crippen LogP contribution in [0.25, 0.3) is 0 Å². The summed E-state index contributed by atoms with van der Waals surface area (Å²) < 4.78 is 27.2. The minimum absolute atomic E-state index is 0.127. The Labute approximate surface area is 129 Å². The topological polar surface area (TPSA) is 29.1 Å². The molecule has 1 atom stereocenters. The molecule has 1 unspecified atom stereocenters. The first-order chi connectivity index (χ1) is 10.1. The summed E-state index contributed by atoms with van der Waals surface area (Å²) in [5.74, 6) is -1.88. The molecule has 2 aromatic carbocycles. The van der Waals surface area contributed by atoms with Crippen LogP contribution in [0, 0.1) is 11.6 Å². The zero-order valence-corrected chi connectivity index (χ0v) is 12.6. The first-order valence-corrected chi connectivity index (χ1v) is 7.48. The lowest BCUT2D eigenvalue weighted by Gasteiger charge is -2.19. The number of fused-ring (bicyclic) bond motifs is 1. The van der Waals surface area contributed by atoms with Gasteiger partial charge in [-0.25, -0.2) is 8.78 Å². The Morgan fingerprint density at radius 3 is 2.81 bits per heavy atom. The molecule has 1 amide bonds. The smallest absolute Gasteiger partial charge is 0.251 e. The Morgan fingerprint density at radius 2 is 2.00 bits per heavy atom. The molecule has 2 nitrogen and oxygen atoms in total. The van der Waals surface area contributed by atoms with Crippen molar-refractivity contribution in [1.29, 1.82) is 0 Å². The SMILES string of the molecule is O=C1NCCc2ccc(C(Br)c3cccc(F)c3F)cc21. The minimum Gasteiger partial charge on any atom is -0.352 e. The maximum atomic E-state index is 13.9. The highest BCUT2D eigenvalue weighted by Gasteiger charge is 2.21. The van der Waals surface area contributed by atoms with Gasteiger partial charge in [-0.2, -0.15) is 0 Å². The maximum Gasteiger partial charge on any atom is 0.251 e. The van der Waals surface area contributed by atoms with E-state index in [-0.39, 0.29) is 11.5 Å². The molecule has 1 aliphatic rings. The van der Waals surface area contributed by atoms with Gasteiger partial charge in [0.25, 0.3) is 5.91 Å². The van der Waals surface area contributed by atoms with Crippen molar-refractivity contribution in [2.24, 2.45) is 0 Å². The van der Waals surface area contributed by atoms with Gasteiger partial charge >= 0.3 is 0 Å². The zero-order chi connectivity index (χ0) is 15.0. The van der Waals surface area contributed by atoms with E-state index in [0.29, 0.717) is 12.1 Å². The van der Waals surface area contributed by atoms with Crippen LogP contribution in [0.4, 0.5) is 8.78 Å². The van der Waals surface area contributed by atoms with E-state index < -0.39 is 16.5 Å². The number of carbonyl (C=O) groups excluding carboxylic acids is 1. The largest absolute Gasteiger partial charge is 0.352 e. The predicted octanol–water partition coefficient (Wildman–Crippen LogP) is 3.74. The first kappa shape index (κ1) is 14.2. The van der Waals surface area contributed by atoms with E-state index in [4.69, 9.17) is 0 Å². The summed E-state index contributed by atoms with van der Waals surface area (Å²) >= 11 is 3.39.